The highest BCUT2D eigenvalue weighted by atomic mass is 16.5. The van der Waals surface area contributed by atoms with E-state index in [1.165, 1.54) is 4.90 Å². The van der Waals surface area contributed by atoms with E-state index in [0.29, 0.717) is 25.3 Å². The summed E-state index contributed by atoms with van der Waals surface area (Å²) in [5.41, 5.74) is 0.954. The van der Waals surface area contributed by atoms with Crippen molar-refractivity contribution in [2.75, 3.05) is 13.2 Å². The summed E-state index contributed by atoms with van der Waals surface area (Å²) in [6.07, 6.45) is 3.71. The van der Waals surface area contributed by atoms with Gasteiger partial charge in [-0.25, -0.2) is 9.48 Å². The van der Waals surface area contributed by atoms with Crippen LogP contribution in [0.15, 0.2) is 36.5 Å². The lowest BCUT2D eigenvalue weighted by Crippen LogP contribution is -2.48. The Labute approximate surface area is 145 Å². The number of amides is 1. The monoisotopic (exact) mass is 343 g/mol. The molecular formula is C18H21N3O4. The van der Waals surface area contributed by atoms with Crippen LogP contribution >= 0.6 is 0 Å². The van der Waals surface area contributed by atoms with Crippen molar-refractivity contribution in [1.29, 1.82) is 0 Å². The molecule has 1 aromatic heterocycles. The maximum atomic E-state index is 13.0. The van der Waals surface area contributed by atoms with Crippen molar-refractivity contribution in [3.05, 3.63) is 42.2 Å². The van der Waals surface area contributed by atoms with E-state index in [2.05, 4.69) is 5.10 Å². The topological polar surface area (TPSA) is 84.7 Å². The minimum Gasteiger partial charge on any atom is -0.490 e. The average molecular weight is 343 g/mol. The highest BCUT2D eigenvalue weighted by Crippen LogP contribution is 2.25. The van der Waals surface area contributed by atoms with Crippen molar-refractivity contribution in [3.8, 4) is 11.4 Å². The van der Waals surface area contributed by atoms with Crippen LogP contribution in [0.25, 0.3) is 5.69 Å². The molecule has 1 fully saturated rings. The van der Waals surface area contributed by atoms with Crippen LogP contribution in [0.3, 0.4) is 0 Å². The Morgan fingerprint density at radius 1 is 1.28 bits per heavy atom. The van der Waals surface area contributed by atoms with Gasteiger partial charge in [0.15, 0.2) is 11.4 Å². The van der Waals surface area contributed by atoms with E-state index in [4.69, 9.17) is 4.74 Å². The Kier molecular flexibility index (Phi) is 5.02. The molecule has 1 saturated heterocycles. The first kappa shape index (κ1) is 17.0. The van der Waals surface area contributed by atoms with E-state index in [1.807, 2.05) is 37.3 Å². The van der Waals surface area contributed by atoms with Crippen molar-refractivity contribution < 1.29 is 19.4 Å². The number of carboxylic acids is 1. The van der Waals surface area contributed by atoms with Crippen LogP contribution in [-0.2, 0) is 4.79 Å². The van der Waals surface area contributed by atoms with Crippen LogP contribution in [-0.4, -0.2) is 50.9 Å². The van der Waals surface area contributed by atoms with Gasteiger partial charge < -0.3 is 14.7 Å². The van der Waals surface area contributed by atoms with Gasteiger partial charge in [-0.3, -0.25) is 4.79 Å². The van der Waals surface area contributed by atoms with Crippen molar-refractivity contribution in [3.63, 3.8) is 0 Å². The van der Waals surface area contributed by atoms with Crippen molar-refractivity contribution in [2.24, 2.45) is 0 Å². The summed E-state index contributed by atoms with van der Waals surface area (Å²) in [7, 11) is 0. The number of aromatic nitrogens is 2. The fraction of sp³-hybridized carbons (Fsp3) is 0.389. The van der Waals surface area contributed by atoms with E-state index < -0.39 is 17.9 Å². The Morgan fingerprint density at radius 2 is 2.04 bits per heavy atom. The fourth-order valence-corrected chi connectivity index (χ4v) is 3.05. The zero-order chi connectivity index (χ0) is 17.8. The number of likely N-dealkylation sites (tertiary alicyclic amines) is 1. The quantitative estimate of drug-likeness (QED) is 0.901. The van der Waals surface area contributed by atoms with E-state index in [0.717, 1.165) is 18.5 Å². The molecule has 25 heavy (non-hydrogen) atoms. The van der Waals surface area contributed by atoms with Gasteiger partial charge >= 0.3 is 5.97 Å². The zero-order valence-corrected chi connectivity index (χ0v) is 14.1. The van der Waals surface area contributed by atoms with Crippen LogP contribution in [0.5, 0.6) is 5.75 Å². The number of carbonyl (C=O) groups is 2. The first-order chi connectivity index (χ1) is 12.1. The third-order valence-electron chi connectivity index (χ3n) is 4.25. The molecule has 2 aromatic rings. The molecule has 2 heterocycles. The molecule has 3 rings (SSSR count). The molecule has 1 aliphatic rings. The molecule has 0 bridgehead atoms. The number of hydrogen-bond donors (Lipinski definition) is 1. The summed E-state index contributed by atoms with van der Waals surface area (Å²) >= 11 is 0. The Morgan fingerprint density at radius 3 is 2.72 bits per heavy atom. The molecule has 1 N–H and O–H groups in total. The lowest BCUT2D eigenvalue weighted by molar-refractivity contribution is -0.143. The van der Waals surface area contributed by atoms with Gasteiger partial charge in [0.1, 0.15) is 6.04 Å². The first-order valence-electron chi connectivity index (χ1n) is 8.43. The van der Waals surface area contributed by atoms with Crippen LogP contribution in [0.4, 0.5) is 0 Å². The number of rotatable bonds is 5. The number of carboxylic acid groups (broad SMARTS) is 1. The maximum Gasteiger partial charge on any atom is 0.326 e. The van der Waals surface area contributed by atoms with Gasteiger partial charge in [-0.05, 0) is 38.3 Å². The number of carbonyl (C=O) groups excluding carboxylic acids is 1. The third kappa shape index (κ3) is 3.50. The molecule has 7 heteroatoms. The predicted octanol–water partition coefficient (Wildman–Crippen LogP) is 2.35. The van der Waals surface area contributed by atoms with E-state index in [9.17, 15) is 14.7 Å². The smallest absolute Gasteiger partial charge is 0.326 e. The van der Waals surface area contributed by atoms with Gasteiger partial charge in [0.25, 0.3) is 5.91 Å². The number of ether oxygens (including phenoxy) is 1. The van der Waals surface area contributed by atoms with Crippen LogP contribution in [0.2, 0.25) is 0 Å². The molecule has 0 radical (unpaired) electrons. The van der Waals surface area contributed by atoms with E-state index >= 15 is 0 Å². The summed E-state index contributed by atoms with van der Waals surface area (Å²) in [5.74, 6) is -1.01. The minimum atomic E-state index is -0.978. The molecule has 1 atom stereocenters. The Balaban J connectivity index is 1.95. The van der Waals surface area contributed by atoms with Crippen molar-refractivity contribution in [2.45, 2.75) is 32.2 Å². The van der Waals surface area contributed by atoms with Gasteiger partial charge in [0, 0.05) is 6.54 Å². The second-order valence-electron chi connectivity index (χ2n) is 5.90. The SMILES string of the molecule is CCOc1cn(-c2ccccc2)nc1C(=O)N1CCCC[C@@H]1C(=O)O. The van der Waals surface area contributed by atoms with E-state index in [-0.39, 0.29) is 5.69 Å². The molecule has 0 spiro atoms. The van der Waals surface area contributed by atoms with Crippen LogP contribution in [0, 0.1) is 0 Å². The first-order valence-corrected chi connectivity index (χ1v) is 8.43. The van der Waals surface area contributed by atoms with Gasteiger partial charge in [0.2, 0.25) is 0 Å². The number of para-hydroxylation sites is 1. The molecule has 1 aliphatic heterocycles. The summed E-state index contributed by atoms with van der Waals surface area (Å²) in [6.45, 7) is 2.64. The minimum absolute atomic E-state index is 0.152. The van der Waals surface area contributed by atoms with Gasteiger partial charge in [-0.2, -0.15) is 5.10 Å². The summed E-state index contributed by atoms with van der Waals surface area (Å²) < 4.78 is 7.15. The average Bonchev–Trinajstić information content (AvgIpc) is 3.06. The molecule has 0 saturated carbocycles. The predicted molar refractivity (Wildman–Crippen MR) is 91.0 cm³/mol. The second kappa shape index (κ2) is 7.38. The lowest BCUT2D eigenvalue weighted by Gasteiger charge is -2.32. The number of benzene rings is 1. The largest absolute Gasteiger partial charge is 0.490 e. The summed E-state index contributed by atoms with van der Waals surface area (Å²) in [6, 6.07) is 8.59. The Bertz CT molecular complexity index is 757. The second-order valence-corrected chi connectivity index (χ2v) is 5.90. The molecule has 7 nitrogen and oxygen atoms in total. The molecule has 1 aromatic carbocycles. The van der Waals surface area contributed by atoms with Crippen molar-refractivity contribution >= 4 is 11.9 Å². The normalized spacial score (nSPS) is 17.3. The van der Waals surface area contributed by atoms with Gasteiger partial charge in [-0.1, -0.05) is 18.2 Å². The molecule has 132 valence electrons. The zero-order valence-electron chi connectivity index (χ0n) is 14.1. The van der Waals surface area contributed by atoms with Crippen LogP contribution < -0.4 is 4.74 Å². The van der Waals surface area contributed by atoms with Crippen LogP contribution in [0.1, 0.15) is 36.7 Å². The maximum absolute atomic E-state index is 13.0. The highest BCUT2D eigenvalue weighted by Gasteiger charge is 2.35. The number of piperidine rings is 1. The Hall–Kier alpha value is -2.83. The van der Waals surface area contributed by atoms with E-state index in [1.54, 1.807) is 10.9 Å². The van der Waals surface area contributed by atoms with Gasteiger partial charge in [0.05, 0.1) is 18.5 Å². The molecule has 0 aliphatic carbocycles. The molecule has 0 unspecified atom stereocenters. The summed E-state index contributed by atoms with van der Waals surface area (Å²) in [5, 5.41) is 13.8. The number of aliphatic carboxylic acids is 1. The number of nitrogens with zero attached hydrogens (tertiary/aromatic N) is 3. The fourth-order valence-electron chi connectivity index (χ4n) is 3.05. The third-order valence-corrected chi connectivity index (χ3v) is 4.25. The summed E-state index contributed by atoms with van der Waals surface area (Å²) in [4.78, 5) is 25.8. The molecule has 1 amide bonds. The highest BCUT2D eigenvalue weighted by molar-refractivity contribution is 5.97. The lowest BCUT2D eigenvalue weighted by atomic mass is 10.0. The van der Waals surface area contributed by atoms with Gasteiger partial charge in [-0.15, -0.1) is 0 Å². The number of hydrogen-bond acceptors (Lipinski definition) is 4. The van der Waals surface area contributed by atoms with Crippen molar-refractivity contribution in [1.82, 2.24) is 14.7 Å². The molecular weight excluding hydrogens is 322 g/mol. The standard InChI is InChI=1S/C18H21N3O4/c1-2-25-15-12-21(13-8-4-3-5-9-13)19-16(15)17(22)20-11-7-6-10-14(20)18(23)24/h3-5,8-9,12,14H,2,6-7,10-11H2,1H3,(H,23,24)/t14-/m1/s1.